The Morgan fingerprint density at radius 2 is 1.95 bits per heavy atom. The Balaban J connectivity index is 2.60. The second-order valence-corrected chi connectivity index (χ2v) is 4.89. The number of para-hydroxylation sites is 1. The maximum Gasteiger partial charge on any atom is 0.0835 e. The number of rotatable bonds is 5. The Bertz CT molecular complexity index is 561. The molecule has 102 valence electrons. The second kappa shape index (κ2) is 6.22. The predicted molar refractivity (Wildman–Crippen MR) is 80.1 cm³/mol. The molecule has 0 aliphatic heterocycles. The second-order valence-electron chi connectivity index (χ2n) is 4.48. The molecule has 0 saturated heterocycles. The molecule has 0 radical (unpaired) electrons. The van der Waals surface area contributed by atoms with Crippen LogP contribution in [0.3, 0.4) is 0 Å². The zero-order valence-corrected chi connectivity index (χ0v) is 12.2. The summed E-state index contributed by atoms with van der Waals surface area (Å²) in [5.74, 6) is 0. The highest BCUT2D eigenvalue weighted by atomic mass is 35.5. The van der Waals surface area contributed by atoms with Crippen LogP contribution in [0.1, 0.15) is 30.8 Å². The van der Waals surface area contributed by atoms with Gasteiger partial charge < -0.3 is 5.73 Å². The van der Waals surface area contributed by atoms with Crippen LogP contribution in [0.15, 0.2) is 24.3 Å². The van der Waals surface area contributed by atoms with Crippen LogP contribution < -0.4 is 5.73 Å². The lowest BCUT2D eigenvalue weighted by molar-refractivity contribution is 0.792. The van der Waals surface area contributed by atoms with Crippen molar-refractivity contribution in [3.63, 3.8) is 0 Å². The fourth-order valence-corrected chi connectivity index (χ4v) is 2.65. The van der Waals surface area contributed by atoms with Crippen LogP contribution in [0.5, 0.6) is 0 Å². The first kappa shape index (κ1) is 14.1. The number of aryl methyl sites for hydroxylation is 1. The minimum Gasteiger partial charge on any atom is -0.330 e. The van der Waals surface area contributed by atoms with Crippen LogP contribution in [-0.2, 0) is 19.3 Å². The van der Waals surface area contributed by atoms with Gasteiger partial charge in [0.15, 0.2) is 0 Å². The molecule has 0 saturated carbocycles. The maximum atomic E-state index is 6.28. The van der Waals surface area contributed by atoms with Crippen molar-refractivity contribution >= 4 is 11.6 Å². The summed E-state index contributed by atoms with van der Waals surface area (Å²) in [4.78, 5) is 0. The van der Waals surface area contributed by atoms with Gasteiger partial charge in [-0.15, -0.1) is 0 Å². The van der Waals surface area contributed by atoms with E-state index >= 15 is 0 Å². The summed E-state index contributed by atoms with van der Waals surface area (Å²) in [6.07, 6.45) is 2.71. The lowest BCUT2D eigenvalue weighted by Crippen LogP contribution is -2.07. The molecule has 3 nitrogen and oxygen atoms in total. The molecule has 0 aliphatic carbocycles. The van der Waals surface area contributed by atoms with E-state index in [1.165, 1.54) is 11.3 Å². The summed E-state index contributed by atoms with van der Waals surface area (Å²) in [5.41, 5.74) is 10.3. The van der Waals surface area contributed by atoms with E-state index in [-0.39, 0.29) is 0 Å². The Morgan fingerprint density at radius 3 is 2.53 bits per heavy atom. The first-order valence-electron chi connectivity index (χ1n) is 6.77. The molecule has 2 aromatic rings. The third-order valence-electron chi connectivity index (χ3n) is 3.32. The summed E-state index contributed by atoms with van der Waals surface area (Å²) in [6, 6.07) is 7.81. The fraction of sp³-hybridized carbons (Fsp3) is 0.400. The number of hydrogen-bond acceptors (Lipinski definition) is 2. The molecular formula is C15H20ClN3. The third kappa shape index (κ3) is 2.67. The van der Waals surface area contributed by atoms with Crippen molar-refractivity contribution < 1.29 is 0 Å². The molecule has 2 N–H and O–H groups in total. The number of aromatic nitrogens is 2. The normalized spacial score (nSPS) is 10.9. The number of nitrogens with two attached hydrogens (primary N) is 1. The van der Waals surface area contributed by atoms with Crippen molar-refractivity contribution in [1.29, 1.82) is 0 Å². The van der Waals surface area contributed by atoms with E-state index < -0.39 is 0 Å². The fourth-order valence-electron chi connectivity index (χ4n) is 2.44. The standard InChI is InChI=1S/C15H20ClN3/c1-3-13-11(9-10-17)14(4-2)19(18-13)15-8-6-5-7-12(15)16/h5-8H,3-4,9-10,17H2,1-2H3. The van der Waals surface area contributed by atoms with E-state index in [9.17, 15) is 0 Å². The van der Waals surface area contributed by atoms with Crippen molar-refractivity contribution in [2.45, 2.75) is 33.1 Å². The highest BCUT2D eigenvalue weighted by Gasteiger charge is 2.16. The van der Waals surface area contributed by atoms with E-state index in [2.05, 4.69) is 13.8 Å². The molecule has 1 aromatic carbocycles. The monoisotopic (exact) mass is 277 g/mol. The van der Waals surface area contributed by atoms with Crippen LogP contribution >= 0.6 is 11.6 Å². The van der Waals surface area contributed by atoms with Crippen LogP contribution in [0, 0.1) is 0 Å². The van der Waals surface area contributed by atoms with Crippen molar-refractivity contribution in [2.24, 2.45) is 5.73 Å². The minimum absolute atomic E-state index is 0.647. The molecule has 0 atom stereocenters. The Labute approximate surface area is 119 Å². The van der Waals surface area contributed by atoms with Gasteiger partial charge in [0.2, 0.25) is 0 Å². The zero-order chi connectivity index (χ0) is 13.8. The largest absolute Gasteiger partial charge is 0.330 e. The van der Waals surface area contributed by atoms with Crippen LogP contribution in [-0.4, -0.2) is 16.3 Å². The van der Waals surface area contributed by atoms with Gasteiger partial charge in [-0.3, -0.25) is 0 Å². The molecule has 1 heterocycles. The van der Waals surface area contributed by atoms with Gasteiger partial charge in [0.1, 0.15) is 0 Å². The predicted octanol–water partition coefficient (Wildman–Crippen LogP) is 3.15. The van der Waals surface area contributed by atoms with Gasteiger partial charge >= 0.3 is 0 Å². The summed E-state index contributed by atoms with van der Waals surface area (Å²) in [6.45, 7) is 4.91. The number of benzene rings is 1. The molecule has 0 unspecified atom stereocenters. The van der Waals surface area contributed by atoms with Gasteiger partial charge in [-0.1, -0.05) is 37.6 Å². The average molecular weight is 278 g/mol. The van der Waals surface area contributed by atoms with Gasteiger partial charge in [0.05, 0.1) is 16.4 Å². The van der Waals surface area contributed by atoms with Gasteiger partial charge in [-0.25, -0.2) is 4.68 Å². The van der Waals surface area contributed by atoms with Crippen LogP contribution in [0.2, 0.25) is 5.02 Å². The molecule has 0 bridgehead atoms. The molecular weight excluding hydrogens is 258 g/mol. The molecule has 2 rings (SSSR count). The van der Waals surface area contributed by atoms with Crippen LogP contribution in [0.4, 0.5) is 0 Å². The lowest BCUT2D eigenvalue weighted by atomic mass is 10.1. The zero-order valence-electron chi connectivity index (χ0n) is 11.5. The highest BCUT2D eigenvalue weighted by Crippen LogP contribution is 2.25. The SMILES string of the molecule is CCc1nn(-c2ccccc2Cl)c(CC)c1CCN. The topological polar surface area (TPSA) is 43.8 Å². The summed E-state index contributed by atoms with van der Waals surface area (Å²) >= 11 is 6.28. The van der Waals surface area contributed by atoms with Gasteiger partial charge in [0, 0.05) is 5.69 Å². The lowest BCUT2D eigenvalue weighted by Gasteiger charge is -2.09. The minimum atomic E-state index is 0.647. The quantitative estimate of drug-likeness (QED) is 0.912. The molecule has 0 spiro atoms. The number of hydrogen-bond donors (Lipinski definition) is 1. The van der Waals surface area contributed by atoms with E-state index in [4.69, 9.17) is 22.4 Å². The highest BCUT2D eigenvalue weighted by molar-refractivity contribution is 6.32. The van der Waals surface area contributed by atoms with Crippen molar-refractivity contribution in [3.8, 4) is 5.69 Å². The van der Waals surface area contributed by atoms with Crippen molar-refractivity contribution in [1.82, 2.24) is 9.78 Å². The third-order valence-corrected chi connectivity index (χ3v) is 3.64. The maximum absolute atomic E-state index is 6.28. The first-order chi connectivity index (χ1) is 9.22. The molecule has 0 aliphatic rings. The Morgan fingerprint density at radius 1 is 1.21 bits per heavy atom. The van der Waals surface area contributed by atoms with Gasteiger partial charge in [-0.2, -0.15) is 5.10 Å². The average Bonchev–Trinajstić information content (AvgIpc) is 2.77. The smallest absolute Gasteiger partial charge is 0.0835 e. The van der Waals surface area contributed by atoms with Crippen molar-refractivity contribution in [3.05, 3.63) is 46.2 Å². The molecule has 0 fully saturated rings. The van der Waals surface area contributed by atoms with Crippen LogP contribution in [0.25, 0.3) is 5.69 Å². The molecule has 0 amide bonds. The Hall–Kier alpha value is -1.32. The summed E-state index contributed by atoms with van der Waals surface area (Å²) in [5, 5.41) is 5.45. The summed E-state index contributed by atoms with van der Waals surface area (Å²) in [7, 11) is 0. The summed E-state index contributed by atoms with van der Waals surface area (Å²) < 4.78 is 1.98. The van der Waals surface area contributed by atoms with E-state index in [0.29, 0.717) is 6.54 Å². The van der Waals surface area contributed by atoms with E-state index in [0.717, 1.165) is 35.7 Å². The first-order valence-corrected chi connectivity index (χ1v) is 7.15. The van der Waals surface area contributed by atoms with E-state index in [1.807, 2.05) is 28.9 Å². The molecule has 4 heteroatoms. The number of halogens is 1. The van der Waals surface area contributed by atoms with E-state index in [1.54, 1.807) is 0 Å². The number of nitrogens with zero attached hydrogens (tertiary/aromatic N) is 2. The van der Waals surface area contributed by atoms with Gasteiger partial charge in [0.25, 0.3) is 0 Å². The van der Waals surface area contributed by atoms with Crippen molar-refractivity contribution in [2.75, 3.05) is 6.54 Å². The Kier molecular flexibility index (Phi) is 4.61. The molecule has 1 aromatic heterocycles. The van der Waals surface area contributed by atoms with Gasteiger partial charge in [-0.05, 0) is 43.5 Å². The molecule has 19 heavy (non-hydrogen) atoms.